The molecule has 0 saturated heterocycles. The van der Waals surface area contributed by atoms with Crippen molar-refractivity contribution in [3.63, 3.8) is 0 Å². The monoisotopic (exact) mass is 425 g/mol. The lowest BCUT2D eigenvalue weighted by Crippen LogP contribution is -2.17. The molecule has 1 unspecified atom stereocenters. The molecule has 0 aliphatic carbocycles. The number of fused-ring (bicyclic) bond motifs is 1. The molecule has 160 valence electrons. The Morgan fingerprint density at radius 2 is 1.53 bits per heavy atom. The maximum atomic E-state index is 12.2. The van der Waals surface area contributed by atoms with E-state index >= 15 is 0 Å². The largest absolute Gasteiger partial charge is 0.465 e. The first-order valence-corrected chi connectivity index (χ1v) is 9.97. The maximum absolute atomic E-state index is 12.2. The van der Waals surface area contributed by atoms with Crippen LogP contribution in [0.4, 0.5) is 0 Å². The molecule has 32 heavy (non-hydrogen) atoms. The number of hydrogen-bond acceptors (Lipinski definition) is 4. The average molecular weight is 425 g/mol. The Balaban J connectivity index is 2.01. The molecule has 1 atom stereocenters. The van der Waals surface area contributed by atoms with Crippen LogP contribution in [0.3, 0.4) is 0 Å². The van der Waals surface area contributed by atoms with Crippen molar-refractivity contribution in [1.29, 1.82) is 10.8 Å². The molecule has 1 aromatic heterocycles. The number of methoxy groups -OCH3 is 1. The summed E-state index contributed by atoms with van der Waals surface area (Å²) in [6, 6.07) is 20.5. The number of carbonyl (C=O) groups excluding carboxylic acids is 1. The molecule has 0 fully saturated rings. The summed E-state index contributed by atoms with van der Waals surface area (Å²) >= 11 is 0. The van der Waals surface area contributed by atoms with Crippen LogP contribution in [0.5, 0.6) is 0 Å². The van der Waals surface area contributed by atoms with Crippen molar-refractivity contribution >= 4 is 28.5 Å². The minimum Gasteiger partial charge on any atom is -0.465 e. The number of hydrogen-bond donors (Lipinski definition) is 5. The Bertz CT molecular complexity index is 1320. The van der Waals surface area contributed by atoms with Gasteiger partial charge in [0.15, 0.2) is 0 Å². The molecule has 7 N–H and O–H groups in total. The molecule has 0 aliphatic heterocycles. The van der Waals surface area contributed by atoms with Crippen molar-refractivity contribution in [2.24, 2.45) is 11.5 Å². The van der Waals surface area contributed by atoms with E-state index in [0.29, 0.717) is 16.7 Å². The van der Waals surface area contributed by atoms with Crippen LogP contribution in [0.1, 0.15) is 44.1 Å². The summed E-state index contributed by atoms with van der Waals surface area (Å²) in [5, 5.41) is 16.9. The fourth-order valence-electron chi connectivity index (χ4n) is 3.98. The van der Waals surface area contributed by atoms with Gasteiger partial charge in [0, 0.05) is 34.1 Å². The summed E-state index contributed by atoms with van der Waals surface area (Å²) in [6.07, 6.45) is 1.94. The predicted octanol–water partition coefficient (Wildman–Crippen LogP) is 3.70. The zero-order valence-electron chi connectivity index (χ0n) is 17.5. The SMILES string of the molecule is COC(=O)c1cccc(C(c2cc(C(=N)N)cc(C(=N)N)c2)c2c[nH]c3ccccc23)c1. The quantitative estimate of drug-likeness (QED) is 0.182. The number of carbonyl (C=O) groups is 1. The molecule has 0 bridgehead atoms. The number of esters is 1. The van der Waals surface area contributed by atoms with Gasteiger partial charge in [0.05, 0.1) is 12.7 Å². The first-order chi connectivity index (χ1) is 15.4. The van der Waals surface area contributed by atoms with Gasteiger partial charge in [0.2, 0.25) is 0 Å². The Kier molecular flexibility index (Phi) is 5.47. The molecule has 7 nitrogen and oxygen atoms in total. The summed E-state index contributed by atoms with van der Waals surface area (Å²) in [7, 11) is 1.35. The fourth-order valence-corrected chi connectivity index (χ4v) is 3.98. The third-order valence-corrected chi connectivity index (χ3v) is 5.48. The number of aromatic amines is 1. The molecule has 3 aromatic carbocycles. The Morgan fingerprint density at radius 3 is 2.19 bits per heavy atom. The van der Waals surface area contributed by atoms with Gasteiger partial charge in [-0.15, -0.1) is 0 Å². The molecule has 0 radical (unpaired) electrons. The third-order valence-electron chi connectivity index (χ3n) is 5.48. The van der Waals surface area contributed by atoms with Crippen LogP contribution in [0, 0.1) is 10.8 Å². The van der Waals surface area contributed by atoms with Crippen molar-refractivity contribution in [1.82, 2.24) is 4.98 Å². The van der Waals surface area contributed by atoms with Gasteiger partial charge in [-0.1, -0.05) is 30.3 Å². The minimum atomic E-state index is -0.425. The van der Waals surface area contributed by atoms with E-state index < -0.39 is 5.97 Å². The van der Waals surface area contributed by atoms with Gasteiger partial charge >= 0.3 is 5.97 Å². The number of nitrogens with two attached hydrogens (primary N) is 2. The highest BCUT2D eigenvalue weighted by Crippen LogP contribution is 2.37. The number of amidine groups is 2. The highest BCUT2D eigenvalue weighted by molar-refractivity contribution is 6.01. The van der Waals surface area contributed by atoms with Crippen molar-refractivity contribution < 1.29 is 9.53 Å². The van der Waals surface area contributed by atoms with Crippen LogP contribution in [-0.2, 0) is 4.74 Å². The minimum absolute atomic E-state index is 0.115. The number of H-pyrrole nitrogens is 1. The van der Waals surface area contributed by atoms with E-state index in [0.717, 1.165) is 27.6 Å². The van der Waals surface area contributed by atoms with E-state index in [2.05, 4.69) is 4.98 Å². The van der Waals surface area contributed by atoms with Crippen LogP contribution in [0.2, 0.25) is 0 Å². The van der Waals surface area contributed by atoms with Crippen molar-refractivity contribution in [3.8, 4) is 0 Å². The smallest absolute Gasteiger partial charge is 0.337 e. The molecule has 0 saturated carbocycles. The molecule has 7 heteroatoms. The molecule has 4 rings (SSSR count). The van der Waals surface area contributed by atoms with E-state index in [-0.39, 0.29) is 17.6 Å². The number of ether oxygens (including phenoxy) is 1. The van der Waals surface area contributed by atoms with E-state index in [9.17, 15) is 4.79 Å². The lowest BCUT2D eigenvalue weighted by atomic mass is 9.83. The number of nitrogens with one attached hydrogen (secondary N) is 3. The van der Waals surface area contributed by atoms with Gasteiger partial charge in [-0.25, -0.2) is 4.79 Å². The van der Waals surface area contributed by atoms with Crippen LogP contribution in [0.15, 0.2) is 72.9 Å². The molecule has 0 spiro atoms. The number of benzene rings is 3. The number of nitrogen functional groups attached to an aromatic ring is 2. The molecule has 0 amide bonds. The normalized spacial score (nSPS) is 11.8. The van der Waals surface area contributed by atoms with Crippen molar-refractivity contribution in [3.05, 3.63) is 106 Å². The van der Waals surface area contributed by atoms with E-state index in [1.54, 1.807) is 18.2 Å². The van der Waals surface area contributed by atoms with Gasteiger partial charge in [-0.2, -0.15) is 0 Å². The second-order valence-corrected chi connectivity index (χ2v) is 7.51. The zero-order chi connectivity index (χ0) is 22.8. The van der Waals surface area contributed by atoms with E-state index in [4.69, 9.17) is 27.0 Å². The van der Waals surface area contributed by atoms with Gasteiger partial charge in [0.25, 0.3) is 0 Å². The van der Waals surface area contributed by atoms with Crippen LogP contribution >= 0.6 is 0 Å². The third kappa shape index (κ3) is 3.83. The number of para-hydroxylation sites is 1. The first kappa shape index (κ1) is 20.9. The summed E-state index contributed by atoms with van der Waals surface area (Å²) in [5.41, 5.74) is 16.6. The Morgan fingerprint density at radius 1 is 0.875 bits per heavy atom. The molecular weight excluding hydrogens is 402 g/mol. The van der Waals surface area contributed by atoms with Crippen LogP contribution < -0.4 is 11.5 Å². The second-order valence-electron chi connectivity index (χ2n) is 7.51. The Hall–Kier alpha value is -4.39. The molecule has 1 heterocycles. The number of aromatic nitrogens is 1. The maximum Gasteiger partial charge on any atom is 0.337 e. The highest BCUT2D eigenvalue weighted by atomic mass is 16.5. The van der Waals surface area contributed by atoms with Crippen LogP contribution in [-0.4, -0.2) is 29.7 Å². The van der Waals surface area contributed by atoms with Gasteiger partial charge < -0.3 is 21.2 Å². The molecule has 0 aliphatic rings. The average Bonchev–Trinajstić information content (AvgIpc) is 3.22. The first-order valence-electron chi connectivity index (χ1n) is 9.97. The van der Waals surface area contributed by atoms with E-state index in [1.165, 1.54) is 7.11 Å². The molecular formula is C25H23N5O2. The summed E-state index contributed by atoms with van der Waals surface area (Å²) < 4.78 is 4.90. The van der Waals surface area contributed by atoms with Gasteiger partial charge in [-0.05, 0) is 53.1 Å². The molecule has 4 aromatic rings. The second kappa shape index (κ2) is 8.39. The highest BCUT2D eigenvalue weighted by Gasteiger charge is 2.23. The zero-order valence-corrected chi connectivity index (χ0v) is 17.5. The van der Waals surface area contributed by atoms with Crippen molar-refractivity contribution in [2.45, 2.75) is 5.92 Å². The lowest BCUT2D eigenvalue weighted by Gasteiger charge is -2.20. The fraction of sp³-hybridized carbons (Fsp3) is 0.0800. The van der Waals surface area contributed by atoms with Crippen LogP contribution in [0.25, 0.3) is 10.9 Å². The standard InChI is InChI=1S/C25H23N5O2/c1-32-25(31)15-6-4-5-14(9-15)22(20-13-30-21-8-3-2-7-19(20)21)16-10-17(23(26)27)12-18(11-16)24(28)29/h2-13,22,30H,1H3,(H3,26,27)(H3,28,29). The topological polar surface area (TPSA) is 142 Å². The number of rotatable bonds is 6. The summed E-state index contributed by atoms with van der Waals surface area (Å²) in [6.45, 7) is 0. The van der Waals surface area contributed by atoms with Gasteiger partial charge in [-0.3, -0.25) is 10.8 Å². The summed E-state index contributed by atoms with van der Waals surface area (Å²) in [4.78, 5) is 15.5. The van der Waals surface area contributed by atoms with Gasteiger partial charge in [0.1, 0.15) is 11.7 Å². The van der Waals surface area contributed by atoms with Crippen molar-refractivity contribution in [2.75, 3.05) is 7.11 Å². The van der Waals surface area contributed by atoms with E-state index in [1.807, 2.05) is 54.7 Å². The lowest BCUT2D eigenvalue weighted by molar-refractivity contribution is 0.0600. The summed E-state index contributed by atoms with van der Waals surface area (Å²) in [5.74, 6) is -0.967. The Labute approximate surface area is 185 Å². The predicted molar refractivity (Wildman–Crippen MR) is 125 cm³/mol.